The number of hydrogen-bond acceptors (Lipinski definition) is 1. The van der Waals surface area contributed by atoms with Gasteiger partial charge in [0.25, 0.3) is 0 Å². The van der Waals surface area contributed by atoms with Gasteiger partial charge in [0.05, 0.1) is 0 Å². The van der Waals surface area contributed by atoms with Gasteiger partial charge in [0.2, 0.25) is 0 Å². The van der Waals surface area contributed by atoms with E-state index in [1.165, 1.54) is 16.7 Å². The van der Waals surface area contributed by atoms with Gasteiger partial charge in [-0.2, -0.15) is 0 Å². The van der Waals surface area contributed by atoms with Gasteiger partial charge in [0.15, 0.2) is 0 Å². The molecule has 0 aromatic rings. The highest BCUT2D eigenvalue weighted by atomic mass is 14.9. The topological polar surface area (TPSA) is 12.0 Å². The van der Waals surface area contributed by atoms with Gasteiger partial charge in [-0.15, -0.1) is 0 Å². The van der Waals surface area contributed by atoms with E-state index in [9.17, 15) is 0 Å². The fourth-order valence-corrected chi connectivity index (χ4v) is 1.39. The second-order valence-electron chi connectivity index (χ2n) is 2.92. The molecule has 0 bridgehead atoms. The summed E-state index contributed by atoms with van der Waals surface area (Å²) < 4.78 is 0. The maximum Gasteiger partial charge on any atom is 0.0208 e. The molecule has 60 valence electrons. The molecule has 0 saturated carbocycles. The van der Waals surface area contributed by atoms with Gasteiger partial charge in [-0.05, 0) is 31.0 Å². The molecular weight excluding hydrogens is 134 g/mol. The van der Waals surface area contributed by atoms with Crippen molar-refractivity contribution < 1.29 is 0 Å². The summed E-state index contributed by atoms with van der Waals surface area (Å²) in [6.07, 6.45) is 3.02. The lowest BCUT2D eigenvalue weighted by atomic mass is 9.96. The molecule has 1 aliphatic rings. The Balaban J connectivity index is 2.90. The first-order chi connectivity index (χ1) is 5.25. The van der Waals surface area contributed by atoms with E-state index in [1.54, 1.807) is 0 Å². The summed E-state index contributed by atoms with van der Waals surface area (Å²) in [5.74, 6) is 0. The van der Waals surface area contributed by atoms with Crippen molar-refractivity contribution in [2.24, 2.45) is 0 Å². The van der Waals surface area contributed by atoms with E-state index in [4.69, 9.17) is 0 Å². The summed E-state index contributed by atoms with van der Waals surface area (Å²) in [6, 6.07) is 0. The first-order valence-electron chi connectivity index (χ1n) is 3.96. The smallest absolute Gasteiger partial charge is 0.0208 e. The van der Waals surface area contributed by atoms with E-state index in [1.807, 2.05) is 6.08 Å². The van der Waals surface area contributed by atoms with E-state index in [-0.39, 0.29) is 0 Å². The van der Waals surface area contributed by atoms with Crippen LogP contribution in [0.25, 0.3) is 0 Å². The Bertz CT molecular complexity index is 211. The van der Waals surface area contributed by atoms with Crippen molar-refractivity contribution in [2.75, 3.05) is 13.1 Å². The van der Waals surface area contributed by atoms with Crippen molar-refractivity contribution in [3.05, 3.63) is 36.0 Å². The lowest BCUT2D eigenvalue weighted by molar-refractivity contribution is 0.691. The van der Waals surface area contributed by atoms with Crippen LogP contribution < -0.4 is 5.32 Å². The second kappa shape index (κ2) is 3.54. The summed E-state index contributed by atoms with van der Waals surface area (Å²) >= 11 is 0. The van der Waals surface area contributed by atoms with Crippen LogP contribution in [0, 0.1) is 0 Å². The van der Waals surface area contributed by atoms with Crippen LogP contribution >= 0.6 is 0 Å². The third-order valence-corrected chi connectivity index (χ3v) is 2.02. The molecular formula is C10H15N. The fourth-order valence-electron chi connectivity index (χ4n) is 1.39. The molecule has 0 aromatic carbocycles. The van der Waals surface area contributed by atoms with Gasteiger partial charge in [-0.3, -0.25) is 0 Å². The molecule has 11 heavy (non-hydrogen) atoms. The minimum atomic E-state index is 0.950. The summed E-state index contributed by atoms with van der Waals surface area (Å²) in [4.78, 5) is 0. The Hall–Kier alpha value is -0.820. The monoisotopic (exact) mass is 149 g/mol. The quantitative estimate of drug-likeness (QED) is 0.633. The predicted molar refractivity (Wildman–Crippen MR) is 49.5 cm³/mol. The predicted octanol–water partition coefficient (Wildman–Crippen LogP) is 2.04. The molecule has 1 N–H and O–H groups in total. The first-order valence-corrected chi connectivity index (χ1v) is 3.96. The minimum Gasteiger partial charge on any atom is -0.312 e. The molecule has 1 heteroatoms. The number of hydrogen-bond donors (Lipinski definition) is 1. The summed E-state index contributed by atoms with van der Waals surface area (Å²) in [5, 5.41) is 3.30. The molecule has 0 unspecified atom stereocenters. The van der Waals surface area contributed by atoms with Crippen LogP contribution in [-0.4, -0.2) is 13.1 Å². The first kappa shape index (κ1) is 8.28. The molecule has 0 amide bonds. The molecule has 0 fully saturated rings. The van der Waals surface area contributed by atoms with Crippen molar-refractivity contribution in [3.8, 4) is 0 Å². The molecule has 0 radical (unpaired) electrons. The van der Waals surface area contributed by atoms with E-state index in [0.29, 0.717) is 0 Å². The highest BCUT2D eigenvalue weighted by Crippen LogP contribution is 2.19. The Morgan fingerprint density at radius 2 is 2.36 bits per heavy atom. The zero-order chi connectivity index (χ0) is 8.27. The van der Waals surface area contributed by atoms with Crippen LogP contribution in [-0.2, 0) is 0 Å². The highest BCUT2D eigenvalue weighted by Gasteiger charge is 2.09. The minimum absolute atomic E-state index is 0.950. The van der Waals surface area contributed by atoms with Crippen LogP contribution in [0.4, 0.5) is 0 Å². The third-order valence-electron chi connectivity index (χ3n) is 2.02. The second-order valence-corrected chi connectivity index (χ2v) is 2.92. The van der Waals surface area contributed by atoms with Gasteiger partial charge in [-0.25, -0.2) is 0 Å². The Morgan fingerprint density at radius 1 is 1.64 bits per heavy atom. The maximum absolute atomic E-state index is 3.94. The van der Waals surface area contributed by atoms with Gasteiger partial charge >= 0.3 is 0 Å². The van der Waals surface area contributed by atoms with Crippen LogP contribution in [0.5, 0.6) is 0 Å². The molecule has 0 spiro atoms. The van der Waals surface area contributed by atoms with E-state index >= 15 is 0 Å². The Kier molecular flexibility index (Phi) is 2.66. The molecule has 0 aliphatic carbocycles. The summed E-state index contributed by atoms with van der Waals surface area (Å²) in [6.45, 7) is 11.8. The molecule has 0 aromatic heterocycles. The van der Waals surface area contributed by atoms with Crippen molar-refractivity contribution in [3.63, 3.8) is 0 Å². The normalized spacial score (nSPS) is 18.3. The van der Waals surface area contributed by atoms with Crippen LogP contribution in [0.1, 0.15) is 13.3 Å². The zero-order valence-corrected chi connectivity index (χ0v) is 7.11. The average Bonchev–Trinajstić information content (AvgIpc) is 2.04. The molecule has 1 aliphatic heterocycles. The van der Waals surface area contributed by atoms with Gasteiger partial charge in [0, 0.05) is 6.54 Å². The Morgan fingerprint density at radius 3 is 2.82 bits per heavy atom. The van der Waals surface area contributed by atoms with Crippen LogP contribution in [0.15, 0.2) is 36.0 Å². The van der Waals surface area contributed by atoms with E-state index in [2.05, 4.69) is 25.4 Å². The molecule has 0 atom stereocenters. The lowest BCUT2D eigenvalue weighted by Crippen LogP contribution is -2.24. The molecule has 0 saturated heterocycles. The SMILES string of the molecule is C=CC1=C(C(=C)C)CCNC1. The van der Waals surface area contributed by atoms with Gasteiger partial charge in [-0.1, -0.05) is 24.8 Å². The molecule has 1 nitrogen and oxygen atoms in total. The van der Waals surface area contributed by atoms with Crippen LogP contribution in [0.2, 0.25) is 0 Å². The van der Waals surface area contributed by atoms with Crippen molar-refractivity contribution >= 4 is 0 Å². The number of nitrogens with one attached hydrogen (secondary N) is 1. The lowest BCUT2D eigenvalue weighted by Gasteiger charge is -2.19. The largest absolute Gasteiger partial charge is 0.312 e. The highest BCUT2D eigenvalue weighted by molar-refractivity contribution is 5.39. The maximum atomic E-state index is 3.94. The van der Waals surface area contributed by atoms with Gasteiger partial charge < -0.3 is 5.32 Å². The van der Waals surface area contributed by atoms with E-state index in [0.717, 1.165) is 19.5 Å². The summed E-state index contributed by atoms with van der Waals surface area (Å²) in [5.41, 5.74) is 3.88. The van der Waals surface area contributed by atoms with Crippen molar-refractivity contribution in [1.29, 1.82) is 0 Å². The standard InChI is InChI=1S/C10H15N/c1-4-9-7-11-6-5-10(9)8(2)3/h4,11H,1-2,5-7H2,3H3. The fraction of sp³-hybridized carbons (Fsp3) is 0.400. The Labute approximate surface area is 68.5 Å². The molecule has 1 heterocycles. The summed E-state index contributed by atoms with van der Waals surface area (Å²) in [7, 11) is 0. The van der Waals surface area contributed by atoms with Crippen molar-refractivity contribution in [2.45, 2.75) is 13.3 Å². The van der Waals surface area contributed by atoms with E-state index < -0.39 is 0 Å². The zero-order valence-electron chi connectivity index (χ0n) is 7.11. The average molecular weight is 149 g/mol. The molecule has 1 rings (SSSR count). The van der Waals surface area contributed by atoms with Crippen molar-refractivity contribution in [1.82, 2.24) is 5.32 Å². The number of rotatable bonds is 2. The third kappa shape index (κ3) is 1.81. The van der Waals surface area contributed by atoms with Gasteiger partial charge in [0.1, 0.15) is 0 Å². The van der Waals surface area contributed by atoms with Crippen LogP contribution in [0.3, 0.4) is 0 Å². The number of allylic oxidation sites excluding steroid dienone is 1.